The molecule has 0 aliphatic carbocycles. The number of hydrogen-bond donors (Lipinski definition) is 0. The molecular formula is C12H19NO2. The van der Waals surface area contributed by atoms with Gasteiger partial charge in [-0.2, -0.15) is 0 Å². The monoisotopic (exact) mass is 209 g/mol. The molecule has 0 aromatic heterocycles. The van der Waals surface area contributed by atoms with E-state index >= 15 is 0 Å². The first kappa shape index (κ1) is 11.9. The number of rotatable bonds is 5. The van der Waals surface area contributed by atoms with E-state index in [0.717, 1.165) is 17.0 Å². The molecule has 1 rings (SSSR count). The lowest BCUT2D eigenvalue weighted by Crippen LogP contribution is -2.19. The van der Waals surface area contributed by atoms with E-state index in [1.807, 2.05) is 31.0 Å². The topological polar surface area (TPSA) is 21.7 Å². The summed E-state index contributed by atoms with van der Waals surface area (Å²) in [6, 6.07) is 6.14. The van der Waals surface area contributed by atoms with E-state index < -0.39 is 0 Å². The summed E-state index contributed by atoms with van der Waals surface area (Å²) >= 11 is 0. The highest BCUT2D eigenvalue weighted by atomic mass is 16.5. The second-order valence-corrected chi connectivity index (χ2v) is 3.50. The molecule has 3 heteroatoms. The summed E-state index contributed by atoms with van der Waals surface area (Å²) in [7, 11) is 3.69. The molecule has 0 atom stereocenters. The zero-order valence-corrected chi connectivity index (χ0v) is 9.91. The van der Waals surface area contributed by atoms with Gasteiger partial charge in [-0.3, -0.25) is 0 Å². The van der Waals surface area contributed by atoms with Gasteiger partial charge in [0.1, 0.15) is 12.5 Å². The summed E-state index contributed by atoms with van der Waals surface area (Å²) in [6.45, 7) is 5.33. The molecule has 0 aliphatic heterocycles. The molecule has 0 saturated heterocycles. The van der Waals surface area contributed by atoms with Crippen molar-refractivity contribution in [3.8, 4) is 5.75 Å². The van der Waals surface area contributed by atoms with Gasteiger partial charge in [-0.25, -0.2) is 0 Å². The van der Waals surface area contributed by atoms with Gasteiger partial charge in [0.05, 0.1) is 6.61 Å². The fraction of sp³-hybridized carbons (Fsp3) is 0.500. The minimum atomic E-state index is 0.591. The molecule has 15 heavy (non-hydrogen) atoms. The molecule has 1 aromatic rings. The molecule has 0 heterocycles. The summed E-state index contributed by atoms with van der Waals surface area (Å²) in [6.07, 6.45) is 0. The fourth-order valence-corrected chi connectivity index (χ4v) is 1.46. The molecule has 84 valence electrons. The number of benzene rings is 1. The van der Waals surface area contributed by atoms with Crippen LogP contribution < -0.4 is 9.64 Å². The number of ether oxygens (including phenoxy) is 2. The van der Waals surface area contributed by atoms with Gasteiger partial charge in [-0.15, -0.1) is 0 Å². The van der Waals surface area contributed by atoms with Crippen LogP contribution in [0.2, 0.25) is 0 Å². The van der Waals surface area contributed by atoms with Crippen molar-refractivity contribution in [3.05, 3.63) is 23.8 Å². The van der Waals surface area contributed by atoms with Crippen LogP contribution in [-0.2, 0) is 4.74 Å². The Hall–Kier alpha value is -1.22. The second kappa shape index (κ2) is 5.61. The van der Waals surface area contributed by atoms with Crippen LogP contribution in [0, 0.1) is 6.92 Å². The number of hydrogen-bond acceptors (Lipinski definition) is 3. The molecule has 0 saturated carbocycles. The van der Waals surface area contributed by atoms with Gasteiger partial charge in [0.2, 0.25) is 0 Å². The van der Waals surface area contributed by atoms with Crippen LogP contribution in [0.4, 0.5) is 5.69 Å². The average molecular weight is 209 g/mol. The maximum absolute atomic E-state index is 5.48. The van der Waals surface area contributed by atoms with Crippen LogP contribution in [0.1, 0.15) is 12.5 Å². The average Bonchev–Trinajstić information content (AvgIpc) is 2.21. The highest BCUT2D eigenvalue weighted by molar-refractivity contribution is 5.52. The Morgan fingerprint density at radius 1 is 1.33 bits per heavy atom. The summed E-state index contributed by atoms with van der Waals surface area (Å²) in [5.74, 6) is 0.951. The highest BCUT2D eigenvalue weighted by Gasteiger charge is 2.03. The van der Waals surface area contributed by atoms with Gasteiger partial charge in [0.15, 0.2) is 0 Å². The van der Waals surface area contributed by atoms with Crippen molar-refractivity contribution in [2.75, 3.05) is 32.4 Å². The van der Waals surface area contributed by atoms with Crippen molar-refractivity contribution in [3.63, 3.8) is 0 Å². The quantitative estimate of drug-likeness (QED) is 0.695. The lowest BCUT2D eigenvalue weighted by Gasteiger charge is -2.19. The van der Waals surface area contributed by atoms with E-state index in [4.69, 9.17) is 9.47 Å². The normalized spacial score (nSPS) is 10.1. The van der Waals surface area contributed by atoms with E-state index in [1.165, 1.54) is 0 Å². The second-order valence-electron chi connectivity index (χ2n) is 3.50. The molecule has 0 unspecified atom stereocenters. The maximum Gasteiger partial charge on any atom is 0.122 e. The van der Waals surface area contributed by atoms with E-state index in [0.29, 0.717) is 13.3 Å². The molecule has 0 bridgehead atoms. The third kappa shape index (κ3) is 3.13. The molecule has 1 aromatic carbocycles. The van der Waals surface area contributed by atoms with Crippen molar-refractivity contribution in [2.45, 2.75) is 13.8 Å². The number of aryl methyl sites for hydroxylation is 1. The lowest BCUT2D eigenvalue weighted by atomic mass is 10.2. The molecule has 3 nitrogen and oxygen atoms in total. The summed E-state index contributed by atoms with van der Waals surface area (Å²) in [4.78, 5) is 2.04. The van der Waals surface area contributed by atoms with Crippen molar-refractivity contribution in [2.24, 2.45) is 0 Å². The van der Waals surface area contributed by atoms with Gasteiger partial charge in [-0.05, 0) is 37.6 Å². The molecule has 0 N–H and O–H groups in total. The van der Waals surface area contributed by atoms with Crippen molar-refractivity contribution >= 4 is 5.69 Å². The van der Waals surface area contributed by atoms with Gasteiger partial charge in [0, 0.05) is 19.8 Å². The van der Waals surface area contributed by atoms with Gasteiger partial charge < -0.3 is 14.4 Å². The molecule has 0 spiro atoms. The minimum absolute atomic E-state index is 0.591. The smallest absolute Gasteiger partial charge is 0.122 e. The van der Waals surface area contributed by atoms with Crippen molar-refractivity contribution in [1.82, 2.24) is 0 Å². The third-order valence-electron chi connectivity index (χ3n) is 2.22. The first-order valence-electron chi connectivity index (χ1n) is 5.12. The van der Waals surface area contributed by atoms with Gasteiger partial charge >= 0.3 is 0 Å². The molecule has 0 fully saturated rings. The molecule has 0 amide bonds. The third-order valence-corrected chi connectivity index (χ3v) is 2.22. The van der Waals surface area contributed by atoms with Crippen LogP contribution in [0.15, 0.2) is 18.2 Å². The SMILES string of the molecule is CCOc1ccc(N(C)COC)cc1C. The zero-order chi connectivity index (χ0) is 11.3. The van der Waals surface area contributed by atoms with Crippen molar-refractivity contribution < 1.29 is 9.47 Å². The number of methoxy groups -OCH3 is 1. The largest absolute Gasteiger partial charge is 0.494 e. The predicted octanol–water partition coefficient (Wildman–Crippen LogP) is 2.43. The van der Waals surface area contributed by atoms with Crippen LogP contribution in [0.5, 0.6) is 5.75 Å². The maximum atomic E-state index is 5.48. The Morgan fingerprint density at radius 2 is 2.07 bits per heavy atom. The van der Waals surface area contributed by atoms with E-state index in [2.05, 4.69) is 13.0 Å². The van der Waals surface area contributed by atoms with Crippen LogP contribution in [-0.4, -0.2) is 27.5 Å². The van der Waals surface area contributed by atoms with Gasteiger partial charge in [-0.1, -0.05) is 0 Å². The lowest BCUT2D eigenvalue weighted by molar-refractivity contribution is 0.202. The molecular weight excluding hydrogens is 190 g/mol. The van der Waals surface area contributed by atoms with E-state index in [9.17, 15) is 0 Å². The number of anilines is 1. The minimum Gasteiger partial charge on any atom is -0.494 e. The van der Waals surface area contributed by atoms with Crippen LogP contribution in [0.3, 0.4) is 0 Å². The number of nitrogens with zero attached hydrogens (tertiary/aromatic N) is 1. The Bertz CT molecular complexity index is 312. The van der Waals surface area contributed by atoms with Gasteiger partial charge in [0.25, 0.3) is 0 Å². The summed E-state index contributed by atoms with van der Waals surface area (Å²) in [5, 5.41) is 0. The predicted molar refractivity (Wildman–Crippen MR) is 62.6 cm³/mol. The Labute approximate surface area is 91.6 Å². The zero-order valence-electron chi connectivity index (χ0n) is 9.91. The summed E-state index contributed by atoms with van der Waals surface area (Å²) in [5.41, 5.74) is 2.29. The fourth-order valence-electron chi connectivity index (χ4n) is 1.46. The summed E-state index contributed by atoms with van der Waals surface area (Å²) < 4.78 is 10.6. The first-order chi connectivity index (χ1) is 7.19. The molecule has 0 aliphatic rings. The van der Waals surface area contributed by atoms with Crippen molar-refractivity contribution in [1.29, 1.82) is 0 Å². The Balaban J connectivity index is 2.81. The molecule has 0 radical (unpaired) electrons. The standard InChI is InChI=1S/C12H19NO2/c1-5-15-12-7-6-11(8-10(12)2)13(3)9-14-4/h6-8H,5,9H2,1-4H3. The Morgan fingerprint density at radius 3 is 2.60 bits per heavy atom. The van der Waals surface area contributed by atoms with E-state index in [-0.39, 0.29) is 0 Å². The highest BCUT2D eigenvalue weighted by Crippen LogP contribution is 2.23. The Kier molecular flexibility index (Phi) is 4.43. The van der Waals surface area contributed by atoms with E-state index in [1.54, 1.807) is 7.11 Å². The first-order valence-corrected chi connectivity index (χ1v) is 5.12. The van der Waals surface area contributed by atoms with Crippen LogP contribution >= 0.6 is 0 Å². The van der Waals surface area contributed by atoms with Crippen LogP contribution in [0.25, 0.3) is 0 Å².